The van der Waals surface area contributed by atoms with Crippen LogP contribution in [-0.2, 0) is 10.2 Å². The van der Waals surface area contributed by atoms with Gasteiger partial charge in [0.1, 0.15) is 0 Å². The fourth-order valence-corrected chi connectivity index (χ4v) is 3.14. The van der Waals surface area contributed by atoms with Crippen molar-refractivity contribution in [3.8, 4) is 0 Å². The lowest BCUT2D eigenvalue weighted by molar-refractivity contribution is 0.0531. The van der Waals surface area contributed by atoms with Gasteiger partial charge in [0.25, 0.3) is 0 Å². The van der Waals surface area contributed by atoms with Crippen LogP contribution >= 0.6 is 0 Å². The maximum absolute atomic E-state index is 5.61. The van der Waals surface area contributed by atoms with Crippen LogP contribution in [0.1, 0.15) is 45.6 Å². The smallest absolute Gasteiger partial charge is 0.191 e. The van der Waals surface area contributed by atoms with E-state index in [1.54, 1.807) is 0 Å². The number of aliphatic imine (C=N–C) groups is 1. The van der Waals surface area contributed by atoms with E-state index in [0.717, 1.165) is 58.1 Å². The summed E-state index contributed by atoms with van der Waals surface area (Å²) in [6.07, 6.45) is 3.22. The normalized spacial score (nSPS) is 17.8. The minimum Gasteiger partial charge on any atom is -0.381 e. The second kappa shape index (κ2) is 9.67. The molecule has 134 valence electrons. The summed E-state index contributed by atoms with van der Waals surface area (Å²) in [5, 5.41) is 6.84. The van der Waals surface area contributed by atoms with Crippen LogP contribution in [0.25, 0.3) is 0 Å². The quantitative estimate of drug-likeness (QED) is 0.595. The molecule has 1 fully saturated rings. The topological polar surface area (TPSA) is 45.7 Å². The summed E-state index contributed by atoms with van der Waals surface area (Å²) in [4.78, 5) is 4.92. The molecule has 0 unspecified atom stereocenters. The van der Waals surface area contributed by atoms with Crippen LogP contribution in [-0.4, -0.2) is 38.8 Å². The van der Waals surface area contributed by atoms with Crippen LogP contribution in [0.4, 0.5) is 0 Å². The third-order valence-corrected chi connectivity index (χ3v) is 4.73. The fraction of sp³-hybridized carbons (Fsp3) is 0.650. The number of ether oxygens (including phenoxy) is 1. The average molecular weight is 332 g/mol. The fourth-order valence-electron chi connectivity index (χ4n) is 3.14. The summed E-state index contributed by atoms with van der Waals surface area (Å²) in [7, 11) is 0. The van der Waals surface area contributed by atoms with Crippen molar-refractivity contribution < 1.29 is 4.74 Å². The Hall–Kier alpha value is -1.55. The number of hydrogen-bond acceptors (Lipinski definition) is 2. The van der Waals surface area contributed by atoms with Crippen molar-refractivity contribution >= 4 is 5.96 Å². The van der Waals surface area contributed by atoms with Gasteiger partial charge in [-0.25, -0.2) is 0 Å². The summed E-state index contributed by atoms with van der Waals surface area (Å²) in [5.74, 6) is 1.63. The zero-order valence-corrected chi connectivity index (χ0v) is 15.5. The number of hydrogen-bond donors (Lipinski definition) is 2. The number of benzene rings is 1. The zero-order chi connectivity index (χ0) is 17.3. The SMILES string of the molecule is CCNC(=NCC1(c2ccccc2)CCOCC1)NCCC(C)C. The lowest BCUT2D eigenvalue weighted by Crippen LogP contribution is -2.41. The number of nitrogens with one attached hydrogen (secondary N) is 2. The van der Waals surface area contributed by atoms with E-state index < -0.39 is 0 Å². The number of nitrogens with zero attached hydrogens (tertiary/aromatic N) is 1. The van der Waals surface area contributed by atoms with E-state index in [1.165, 1.54) is 5.56 Å². The maximum Gasteiger partial charge on any atom is 0.191 e. The van der Waals surface area contributed by atoms with Crippen LogP contribution < -0.4 is 10.6 Å². The van der Waals surface area contributed by atoms with Crippen molar-refractivity contribution in [3.63, 3.8) is 0 Å². The Morgan fingerprint density at radius 3 is 2.50 bits per heavy atom. The van der Waals surface area contributed by atoms with Crippen molar-refractivity contribution in [2.75, 3.05) is 32.8 Å². The van der Waals surface area contributed by atoms with Gasteiger partial charge in [-0.2, -0.15) is 0 Å². The first-order valence-corrected chi connectivity index (χ1v) is 9.32. The first-order valence-electron chi connectivity index (χ1n) is 9.32. The molecule has 24 heavy (non-hydrogen) atoms. The second-order valence-electron chi connectivity index (χ2n) is 7.06. The van der Waals surface area contributed by atoms with E-state index in [0.29, 0.717) is 5.92 Å². The first-order chi connectivity index (χ1) is 11.7. The van der Waals surface area contributed by atoms with Gasteiger partial charge in [-0.05, 0) is 37.7 Å². The molecule has 0 amide bonds. The molecule has 1 aromatic rings. The summed E-state index contributed by atoms with van der Waals surface area (Å²) >= 11 is 0. The predicted molar refractivity (Wildman–Crippen MR) is 102 cm³/mol. The summed E-state index contributed by atoms with van der Waals surface area (Å²) in [6, 6.07) is 10.8. The van der Waals surface area contributed by atoms with Gasteiger partial charge in [0.15, 0.2) is 5.96 Å². The van der Waals surface area contributed by atoms with Crippen molar-refractivity contribution in [2.24, 2.45) is 10.9 Å². The maximum atomic E-state index is 5.61. The molecule has 1 heterocycles. The van der Waals surface area contributed by atoms with Gasteiger partial charge in [-0.1, -0.05) is 44.2 Å². The van der Waals surface area contributed by atoms with E-state index in [1.807, 2.05) is 0 Å². The highest BCUT2D eigenvalue weighted by atomic mass is 16.5. The molecule has 1 saturated heterocycles. The minimum absolute atomic E-state index is 0.0971. The van der Waals surface area contributed by atoms with Gasteiger partial charge in [0, 0.05) is 31.7 Å². The minimum atomic E-state index is 0.0971. The van der Waals surface area contributed by atoms with E-state index in [2.05, 4.69) is 61.7 Å². The summed E-state index contributed by atoms with van der Waals surface area (Å²) < 4.78 is 5.61. The number of rotatable bonds is 7. The van der Waals surface area contributed by atoms with Crippen molar-refractivity contribution in [1.82, 2.24) is 10.6 Å². The van der Waals surface area contributed by atoms with Crippen LogP contribution in [0.5, 0.6) is 0 Å². The standard InChI is InChI=1S/C20H33N3O/c1-4-21-19(22-13-10-17(2)3)23-16-20(11-14-24-15-12-20)18-8-6-5-7-9-18/h5-9,17H,4,10-16H2,1-3H3,(H2,21,22,23). The van der Waals surface area contributed by atoms with Crippen molar-refractivity contribution in [2.45, 2.75) is 45.4 Å². The van der Waals surface area contributed by atoms with Gasteiger partial charge in [0.05, 0.1) is 6.54 Å². The predicted octanol–water partition coefficient (Wildman–Crippen LogP) is 3.34. The first kappa shape index (κ1) is 18.8. The molecule has 0 saturated carbocycles. The molecule has 4 nitrogen and oxygen atoms in total. The van der Waals surface area contributed by atoms with Gasteiger partial charge >= 0.3 is 0 Å². The van der Waals surface area contributed by atoms with Crippen LogP contribution in [0.15, 0.2) is 35.3 Å². The lowest BCUT2D eigenvalue weighted by Gasteiger charge is -2.36. The van der Waals surface area contributed by atoms with Crippen molar-refractivity contribution in [1.29, 1.82) is 0 Å². The lowest BCUT2D eigenvalue weighted by atomic mass is 9.74. The Labute approximate surface area is 147 Å². The molecule has 2 N–H and O–H groups in total. The van der Waals surface area contributed by atoms with Gasteiger partial charge < -0.3 is 15.4 Å². The molecule has 0 radical (unpaired) electrons. The Bertz CT molecular complexity index is 493. The molecule has 2 rings (SSSR count). The molecule has 0 bridgehead atoms. The van der Waals surface area contributed by atoms with E-state index in [9.17, 15) is 0 Å². The Kier molecular flexibility index (Phi) is 7.57. The van der Waals surface area contributed by atoms with Crippen molar-refractivity contribution in [3.05, 3.63) is 35.9 Å². The molecule has 4 heteroatoms. The monoisotopic (exact) mass is 331 g/mol. The molecular formula is C20H33N3O. The van der Waals surface area contributed by atoms with E-state index >= 15 is 0 Å². The van der Waals surface area contributed by atoms with Crippen LogP contribution in [0.2, 0.25) is 0 Å². The average Bonchev–Trinajstić information content (AvgIpc) is 2.61. The Morgan fingerprint density at radius 2 is 1.88 bits per heavy atom. The largest absolute Gasteiger partial charge is 0.381 e. The highest BCUT2D eigenvalue weighted by Crippen LogP contribution is 2.35. The highest BCUT2D eigenvalue weighted by molar-refractivity contribution is 5.79. The Morgan fingerprint density at radius 1 is 1.17 bits per heavy atom. The molecule has 0 aliphatic carbocycles. The summed E-state index contributed by atoms with van der Waals surface area (Å²) in [6.45, 7) is 10.9. The highest BCUT2D eigenvalue weighted by Gasteiger charge is 2.34. The van der Waals surface area contributed by atoms with Crippen LogP contribution in [0.3, 0.4) is 0 Å². The zero-order valence-electron chi connectivity index (χ0n) is 15.5. The third-order valence-electron chi connectivity index (χ3n) is 4.73. The second-order valence-corrected chi connectivity index (χ2v) is 7.06. The molecule has 0 atom stereocenters. The molecule has 1 aromatic carbocycles. The van der Waals surface area contributed by atoms with E-state index in [4.69, 9.17) is 9.73 Å². The molecule has 0 spiro atoms. The van der Waals surface area contributed by atoms with Gasteiger partial charge in [0.2, 0.25) is 0 Å². The summed E-state index contributed by atoms with van der Waals surface area (Å²) in [5.41, 5.74) is 1.48. The van der Waals surface area contributed by atoms with Gasteiger partial charge in [-0.15, -0.1) is 0 Å². The Balaban J connectivity index is 2.09. The third kappa shape index (κ3) is 5.52. The van der Waals surface area contributed by atoms with Gasteiger partial charge in [-0.3, -0.25) is 4.99 Å². The molecule has 0 aromatic heterocycles. The number of guanidine groups is 1. The molecule has 1 aliphatic heterocycles. The van der Waals surface area contributed by atoms with Crippen LogP contribution in [0, 0.1) is 5.92 Å². The molecular weight excluding hydrogens is 298 g/mol. The molecule has 1 aliphatic rings. The van der Waals surface area contributed by atoms with E-state index in [-0.39, 0.29) is 5.41 Å².